The summed E-state index contributed by atoms with van der Waals surface area (Å²) in [5.74, 6) is 1.88. The van der Waals surface area contributed by atoms with Crippen LogP contribution in [0.5, 0.6) is 11.5 Å². The number of para-hydroxylation sites is 2. The Morgan fingerprint density at radius 2 is 1.82 bits per heavy atom. The normalized spacial score (nSPS) is 14.1. The van der Waals surface area contributed by atoms with E-state index in [2.05, 4.69) is 20.2 Å². The standard InChI is InChI=1S/C25H27FN4O3/c1-32-22-4-2-3-5-23(22)33-15-12-27-25(31)19-10-13-30(14-11-19)24-16-21(28-17-29-24)18-6-8-20(26)9-7-18/h2-9,16-17,19H,10-15H2,1H3,(H,27,31). The zero-order chi connectivity index (χ0) is 23.0. The average Bonchev–Trinajstić information content (AvgIpc) is 2.87. The Morgan fingerprint density at radius 3 is 2.55 bits per heavy atom. The van der Waals surface area contributed by atoms with Crippen molar-refractivity contribution in [1.29, 1.82) is 0 Å². The van der Waals surface area contributed by atoms with Crippen molar-refractivity contribution < 1.29 is 18.7 Å². The van der Waals surface area contributed by atoms with Crippen LogP contribution in [0.1, 0.15) is 12.8 Å². The Kier molecular flexibility index (Phi) is 7.34. The summed E-state index contributed by atoms with van der Waals surface area (Å²) in [5.41, 5.74) is 1.58. The summed E-state index contributed by atoms with van der Waals surface area (Å²) in [7, 11) is 1.60. The van der Waals surface area contributed by atoms with Gasteiger partial charge in [0, 0.05) is 30.6 Å². The second-order valence-electron chi connectivity index (χ2n) is 7.82. The average molecular weight is 451 g/mol. The number of nitrogens with zero attached hydrogens (tertiary/aromatic N) is 3. The van der Waals surface area contributed by atoms with Crippen LogP contribution >= 0.6 is 0 Å². The summed E-state index contributed by atoms with van der Waals surface area (Å²) in [4.78, 5) is 23.4. The Hall–Kier alpha value is -3.68. The highest BCUT2D eigenvalue weighted by molar-refractivity contribution is 5.79. The summed E-state index contributed by atoms with van der Waals surface area (Å²) < 4.78 is 24.2. The van der Waals surface area contributed by atoms with E-state index in [-0.39, 0.29) is 17.6 Å². The number of aromatic nitrogens is 2. The van der Waals surface area contributed by atoms with Crippen LogP contribution in [0.4, 0.5) is 10.2 Å². The van der Waals surface area contributed by atoms with Gasteiger partial charge in [-0.05, 0) is 49.2 Å². The van der Waals surface area contributed by atoms with E-state index in [0.29, 0.717) is 24.7 Å². The van der Waals surface area contributed by atoms with Gasteiger partial charge in [-0.15, -0.1) is 0 Å². The smallest absolute Gasteiger partial charge is 0.223 e. The van der Waals surface area contributed by atoms with Gasteiger partial charge in [-0.1, -0.05) is 12.1 Å². The van der Waals surface area contributed by atoms with Gasteiger partial charge in [-0.2, -0.15) is 0 Å². The number of hydrogen-bond donors (Lipinski definition) is 1. The molecule has 0 spiro atoms. The van der Waals surface area contributed by atoms with E-state index in [0.717, 1.165) is 43.0 Å². The number of nitrogens with one attached hydrogen (secondary N) is 1. The largest absolute Gasteiger partial charge is 0.493 e. The molecule has 33 heavy (non-hydrogen) atoms. The van der Waals surface area contributed by atoms with E-state index >= 15 is 0 Å². The Morgan fingerprint density at radius 1 is 1.09 bits per heavy atom. The first kappa shape index (κ1) is 22.5. The lowest BCUT2D eigenvalue weighted by Gasteiger charge is -2.32. The molecule has 0 unspecified atom stereocenters. The van der Waals surface area contributed by atoms with Gasteiger partial charge in [0.2, 0.25) is 5.91 Å². The van der Waals surface area contributed by atoms with E-state index in [4.69, 9.17) is 9.47 Å². The third-order valence-corrected chi connectivity index (χ3v) is 5.71. The number of ether oxygens (including phenoxy) is 2. The summed E-state index contributed by atoms with van der Waals surface area (Å²) in [6, 6.07) is 15.6. The first-order valence-corrected chi connectivity index (χ1v) is 11.0. The van der Waals surface area contributed by atoms with Gasteiger partial charge in [-0.25, -0.2) is 14.4 Å². The van der Waals surface area contributed by atoms with Crippen molar-refractivity contribution in [2.75, 3.05) is 38.3 Å². The molecule has 3 aromatic rings. The molecule has 1 aliphatic heterocycles. The summed E-state index contributed by atoms with van der Waals surface area (Å²) >= 11 is 0. The molecule has 7 nitrogen and oxygen atoms in total. The lowest BCUT2D eigenvalue weighted by Crippen LogP contribution is -2.41. The monoisotopic (exact) mass is 450 g/mol. The molecule has 0 aliphatic carbocycles. The van der Waals surface area contributed by atoms with Gasteiger partial charge in [0.05, 0.1) is 19.3 Å². The number of hydrogen-bond acceptors (Lipinski definition) is 6. The number of carbonyl (C=O) groups is 1. The summed E-state index contributed by atoms with van der Waals surface area (Å²) in [6.07, 6.45) is 3.01. The second-order valence-corrected chi connectivity index (χ2v) is 7.82. The van der Waals surface area contributed by atoms with E-state index in [1.165, 1.54) is 18.5 Å². The fourth-order valence-corrected chi connectivity index (χ4v) is 3.89. The minimum absolute atomic E-state index is 0.0362. The number of piperidine rings is 1. The van der Waals surface area contributed by atoms with Gasteiger partial charge in [0.1, 0.15) is 24.6 Å². The first-order chi connectivity index (χ1) is 16.1. The number of carbonyl (C=O) groups excluding carboxylic acids is 1. The zero-order valence-electron chi connectivity index (χ0n) is 18.5. The molecule has 2 aromatic carbocycles. The number of anilines is 1. The molecule has 1 N–H and O–H groups in total. The van der Waals surface area contributed by atoms with Crippen LogP contribution in [-0.2, 0) is 4.79 Å². The van der Waals surface area contributed by atoms with Crippen molar-refractivity contribution in [1.82, 2.24) is 15.3 Å². The fraction of sp³-hybridized carbons (Fsp3) is 0.320. The molecule has 0 atom stereocenters. The predicted molar refractivity (Wildman–Crippen MR) is 124 cm³/mol. The number of methoxy groups -OCH3 is 1. The van der Waals surface area contributed by atoms with Crippen LogP contribution in [0.2, 0.25) is 0 Å². The Balaban J connectivity index is 1.24. The molecule has 2 heterocycles. The molecule has 1 fully saturated rings. The van der Waals surface area contributed by atoms with E-state index in [1.807, 2.05) is 30.3 Å². The topological polar surface area (TPSA) is 76.6 Å². The minimum Gasteiger partial charge on any atom is -0.493 e. The molecule has 1 amide bonds. The quantitative estimate of drug-likeness (QED) is 0.528. The molecule has 8 heteroatoms. The van der Waals surface area contributed by atoms with Crippen LogP contribution in [-0.4, -0.2) is 49.2 Å². The van der Waals surface area contributed by atoms with Crippen LogP contribution in [0, 0.1) is 11.7 Å². The lowest BCUT2D eigenvalue weighted by molar-refractivity contribution is -0.125. The van der Waals surface area contributed by atoms with Crippen LogP contribution in [0.25, 0.3) is 11.3 Å². The van der Waals surface area contributed by atoms with Crippen molar-refractivity contribution in [2.24, 2.45) is 5.92 Å². The summed E-state index contributed by atoms with van der Waals surface area (Å²) in [6.45, 7) is 2.27. The Labute approximate surface area is 192 Å². The fourth-order valence-electron chi connectivity index (χ4n) is 3.89. The number of rotatable bonds is 8. The van der Waals surface area contributed by atoms with Crippen LogP contribution in [0.3, 0.4) is 0 Å². The molecular formula is C25H27FN4O3. The maximum absolute atomic E-state index is 13.2. The van der Waals surface area contributed by atoms with Crippen molar-refractivity contribution in [3.63, 3.8) is 0 Å². The maximum Gasteiger partial charge on any atom is 0.223 e. The molecule has 0 bridgehead atoms. The lowest BCUT2D eigenvalue weighted by atomic mass is 9.96. The molecular weight excluding hydrogens is 423 g/mol. The highest BCUT2D eigenvalue weighted by atomic mass is 19.1. The zero-order valence-corrected chi connectivity index (χ0v) is 18.5. The van der Waals surface area contributed by atoms with Gasteiger partial charge in [0.15, 0.2) is 11.5 Å². The summed E-state index contributed by atoms with van der Waals surface area (Å²) in [5, 5.41) is 2.97. The Bertz CT molecular complexity index is 1070. The first-order valence-electron chi connectivity index (χ1n) is 11.0. The predicted octanol–water partition coefficient (Wildman–Crippen LogP) is 3.70. The highest BCUT2D eigenvalue weighted by Crippen LogP contribution is 2.26. The van der Waals surface area contributed by atoms with E-state index in [9.17, 15) is 9.18 Å². The van der Waals surface area contributed by atoms with Gasteiger partial charge in [0.25, 0.3) is 0 Å². The third-order valence-electron chi connectivity index (χ3n) is 5.71. The van der Waals surface area contributed by atoms with Gasteiger partial charge < -0.3 is 19.7 Å². The maximum atomic E-state index is 13.2. The van der Waals surface area contributed by atoms with Crippen molar-refractivity contribution in [3.8, 4) is 22.8 Å². The molecule has 1 saturated heterocycles. The molecule has 1 aliphatic rings. The number of amides is 1. The minimum atomic E-state index is -0.278. The number of benzene rings is 2. The SMILES string of the molecule is COc1ccccc1OCCNC(=O)C1CCN(c2cc(-c3ccc(F)cc3)ncn2)CC1. The molecule has 172 valence electrons. The van der Waals surface area contributed by atoms with Crippen molar-refractivity contribution in [2.45, 2.75) is 12.8 Å². The van der Waals surface area contributed by atoms with Crippen molar-refractivity contribution >= 4 is 11.7 Å². The highest BCUT2D eigenvalue weighted by Gasteiger charge is 2.25. The number of halogens is 1. The molecule has 0 radical (unpaired) electrons. The molecule has 1 aromatic heterocycles. The van der Waals surface area contributed by atoms with Crippen molar-refractivity contribution in [3.05, 3.63) is 66.7 Å². The van der Waals surface area contributed by atoms with E-state index < -0.39 is 0 Å². The van der Waals surface area contributed by atoms with Gasteiger partial charge in [-0.3, -0.25) is 4.79 Å². The van der Waals surface area contributed by atoms with Gasteiger partial charge >= 0.3 is 0 Å². The second kappa shape index (κ2) is 10.8. The van der Waals surface area contributed by atoms with E-state index in [1.54, 1.807) is 19.2 Å². The van der Waals surface area contributed by atoms with Crippen LogP contribution in [0.15, 0.2) is 60.9 Å². The third kappa shape index (κ3) is 5.77. The molecule has 0 saturated carbocycles. The van der Waals surface area contributed by atoms with Crippen LogP contribution < -0.4 is 19.7 Å². The molecule has 4 rings (SSSR count).